The number of rotatable bonds is 5. The van der Waals surface area contributed by atoms with Crippen LogP contribution >= 0.6 is 39.1 Å². The van der Waals surface area contributed by atoms with Gasteiger partial charge in [-0.2, -0.15) is 5.26 Å². The Labute approximate surface area is 152 Å². The van der Waals surface area contributed by atoms with Gasteiger partial charge >= 0.3 is 0 Å². The van der Waals surface area contributed by atoms with Crippen LogP contribution in [0, 0.1) is 11.3 Å². The zero-order valence-corrected chi connectivity index (χ0v) is 15.4. The van der Waals surface area contributed by atoms with E-state index in [1.807, 2.05) is 6.07 Å². The minimum absolute atomic E-state index is 0.362. The van der Waals surface area contributed by atoms with Crippen molar-refractivity contribution in [1.29, 1.82) is 5.26 Å². The third kappa shape index (κ3) is 4.17. The van der Waals surface area contributed by atoms with E-state index in [1.165, 1.54) is 14.2 Å². The predicted molar refractivity (Wildman–Crippen MR) is 92.2 cm³/mol. The molecular formula is C16H12BrCl2NO3. The molecular weight excluding hydrogens is 405 g/mol. The summed E-state index contributed by atoms with van der Waals surface area (Å²) in [6.07, 6.45) is -0.673. The average molecular weight is 417 g/mol. The molecule has 0 spiro atoms. The Bertz CT molecular complexity index is 758. The first kappa shape index (κ1) is 18.1. The van der Waals surface area contributed by atoms with Gasteiger partial charge in [0.05, 0.1) is 22.2 Å². The third-order valence-electron chi connectivity index (χ3n) is 2.98. The SMILES string of the molecule is COC(OC)c1c(Br)ccc(Cl)c1Oc1cc(Cl)cc(C#N)c1. The molecule has 0 heterocycles. The van der Waals surface area contributed by atoms with Crippen LogP contribution in [0.3, 0.4) is 0 Å². The largest absolute Gasteiger partial charge is 0.455 e. The summed E-state index contributed by atoms with van der Waals surface area (Å²) in [7, 11) is 3.02. The van der Waals surface area contributed by atoms with E-state index in [1.54, 1.807) is 30.3 Å². The molecule has 7 heteroatoms. The average Bonchev–Trinajstić information content (AvgIpc) is 2.53. The predicted octanol–water partition coefficient (Wildman–Crippen LogP) is 5.71. The van der Waals surface area contributed by atoms with Crippen molar-refractivity contribution in [2.75, 3.05) is 14.2 Å². The summed E-state index contributed by atoms with van der Waals surface area (Å²) in [5.74, 6) is 0.752. The molecule has 4 nitrogen and oxygen atoms in total. The molecule has 2 aromatic carbocycles. The van der Waals surface area contributed by atoms with Gasteiger partial charge in [-0.25, -0.2) is 0 Å². The molecule has 0 aromatic heterocycles. The summed E-state index contributed by atoms with van der Waals surface area (Å²) in [6.45, 7) is 0. The van der Waals surface area contributed by atoms with Gasteiger partial charge in [0.15, 0.2) is 12.0 Å². The van der Waals surface area contributed by atoms with Gasteiger partial charge in [0.2, 0.25) is 0 Å². The van der Waals surface area contributed by atoms with Crippen LogP contribution in [0.25, 0.3) is 0 Å². The van der Waals surface area contributed by atoms with Crippen molar-refractivity contribution in [2.45, 2.75) is 6.29 Å². The molecule has 0 saturated heterocycles. The van der Waals surface area contributed by atoms with E-state index in [4.69, 9.17) is 42.7 Å². The lowest BCUT2D eigenvalue weighted by molar-refractivity contribution is -0.107. The summed E-state index contributed by atoms with van der Waals surface area (Å²) in [4.78, 5) is 0. The second kappa shape index (κ2) is 8.00. The minimum Gasteiger partial charge on any atom is -0.455 e. The highest BCUT2D eigenvalue weighted by molar-refractivity contribution is 9.10. The molecule has 0 radical (unpaired) electrons. The van der Waals surface area contributed by atoms with Crippen molar-refractivity contribution < 1.29 is 14.2 Å². The Balaban J connectivity index is 2.53. The van der Waals surface area contributed by atoms with Gasteiger partial charge in [0.1, 0.15) is 5.75 Å². The maximum absolute atomic E-state index is 9.03. The normalized spacial score (nSPS) is 10.7. The monoisotopic (exact) mass is 415 g/mol. The molecule has 0 aliphatic heterocycles. The Hall–Kier alpha value is -1.29. The van der Waals surface area contributed by atoms with E-state index >= 15 is 0 Å². The maximum Gasteiger partial charge on any atom is 0.187 e. The zero-order chi connectivity index (χ0) is 17.0. The van der Waals surface area contributed by atoms with Gasteiger partial charge in [-0.3, -0.25) is 0 Å². The Morgan fingerprint density at radius 1 is 1.13 bits per heavy atom. The Morgan fingerprint density at radius 2 is 1.83 bits per heavy atom. The van der Waals surface area contributed by atoms with Crippen molar-refractivity contribution in [3.8, 4) is 17.6 Å². The highest BCUT2D eigenvalue weighted by Crippen LogP contribution is 2.42. The highest BCUT2D eigenvalue weighted by Gasteiger charge is 2.22. The first-order chi connectivity index (χ1) is 11.0. The number of benzene rings is 2. The van der Waals surface area contributed by atoms with Crippen LogP contribution in [0.15, 0.2) is 34.8 Å². The van der Waals surface area contributed by atoms with Crippen LogP contribution in [0.5, 0.6) is 11.5 Å². The number of ether oxygens (including phenoxy) is 3. The number of hydrogen-bond donors (Lipinski definition) is 0. The van der Waals surface area contributed by atoms with Crippen molar-refractivity contribution >= 4 is 39.1 Å². The van der Waals surface area contributed by atoms with Crippen LogP contribution in [0.1, 0.15) is 17.4 Å². The number of nitrogens with zero attached hydrogens (tertiary/aromatic N) is 1. The number of nitriles is 1. The molecule has 2 rings (SSSR count). The van der Waals surface area contributed by atoms with E-state index in [0.29, 0.717) is 37.1 Å². The van der Waals surface area contributed by atoms with Crippen molar-refractivity contribution in [1.82, 2.24) is 0 Å². The first-order valence-corrected chi connectivity index (χ1v) is 7.97. The molecule has 0 fully saturated rings. The van der Waals surface area contributed by atoms with Gasteiger partial charge < -0.3 is 14.2 Å². The Morgan fingerprint density at radius 3 is 2.43 bits per heavy atom. The molecule has 0 aliphatic carbocycles. The molecule has 23 heavy (non-hydrogen) atoms. The van der Waals surface area contributed by atoms with Gasteiger partial charge in [-0.05, 0) is 30.3 Å². The van der Waals surface area contributed by atoms with E-state index in [9.17, 15) is 0 Å². The lowest BCUT2D eigenvalue weighted by Crippen LogP contribution is -2.07. The maximum atomic E-state index is 9.03. The molecule has 0 unspecified atom stereocenters. The van der Waals surface area contributed by atoms with E-state index < -0.39 is 6.29 Å². The molecule has 120 valence electrons. The van der Waals surface area contributed by atoms with Crippen LogP contribution in [0.2, 0.25) is 10.0 Å². The molecule has 0 amide bonds. The van der Waals surface area contributed by atoms with E-state index in [-0.39, 0.29) is 0 Å². The number of halogens is 3. The fourth-order valence-corrected chi connectivity index (χ4v) is 2.94. The molecule has 2 aromatic rings. The van der Waals surface area contributed by atoms with E-state index in [0.717, 1.165) is 0 Å². The summed E-state index contributed by atoms with van der Waals surface area (Å²) >= 11 is 15.7. The van der Waals surface area contributed by atoms with Crippen molar-refractivity contribution in [3.05, 3.63) is 56.0 Å². The number of methoxy groups -OCH3 is 2. The van der Waals surface area contributed by atoms with Crippen LogP contribution in [-0.2, 0) is 9.47 Å². The smallest absolute Gasteiger partial charge is 0.187 e. The Kier molecular flexibility index (Phi) is 6.28. The first-order valence-electron chi connectivity index (χ1n) is 6.42. The fourth-order valence-electron chi connectivity index (χ4n) is 2.01. The lowest BCUT2D eigenvalue weighted by atomic mass is 10.2. The summed E-state index contributed by atoms with van der Waals surface area (Å²) < 4.78 is 17.2. The van der Waals surface area contributed by atoms with Gasteiger partial charge in [0.25, 0.3) is 0 Å². The lowest BCUT2D eigenvalue weighted by Gasteiger charge is -2.20. The van der Waals surface area contributed by atoms with E-state index in [2.05, 4.69) is 15.9 Å². The molecule has 0 aliphatic rings. The molecule has 0 N–H and O–H groups in total. The second-order valence-electron chi connectivity index (χ2n) is 4.46. The van der Waals surface area contributed by atoms with Crippen molar-refractivity contribution in [2.24, 2.45) is 0 Å². The van der Waals surface area contributed by atoms with Crippen LogP contribution in [0.4, 0.5) is 0 Å². The number of hydrogen-bond acceptors (Lipinski definition) is 4. The van der Waals surface area contributed by atoms with Gasteiger partial charge in [-0.15, -0.1) is 0 Å². The highest BCUT2D eigenvalue weighted by atomic mass is 79.9. The second-order valence-corrected chi connectivity index (χ2v) is 6.16. The van der Waals surface area contributed by atoms with Crippen LogP contribution < -0.4 is 4.74 Å². The minimum atomic E-state index is -0.673. The van der Waals surface area contributed by atoms with Crippen molar-refractivity contribution in [3.63, 3.8) is 0 Å². The summed E-state index contributed by atoms with van der Waals surface area (Å²) in [5.41, 5.74) is 0.983. The van der Waals surface area contributed by atoms with Crippen LogP contribution in [-0.4, -0.2) is 14.2 Å². The zero-order valence-electron chi connectivity index (χ0n) is 12.3. The van der Waals surface area contributed by atoms with Gasteiger partial charge in [0, 0.05) is 23.7 Å². The fraction of sp³-hybridized carbons (Fsp3) is 0.188. The summed E-state index contributed by atoms with van der Waals surface area (Å²) in [5, 5.41) is 9.80. The molecule has 0 atom stereocenters. The topological polar surface area (TPSA) is 51.5 Å². The van der Waals surface area contributed by atoms with Gasteiger partial charge in [-0.1, -0.05) is 39.1 Å². The third-order valence-corrected chi connectivity index (χ3v) is 4.19. The quantitative estimate of drug-likeness (QED) is 0.585. The summed E-state index contributed by atoms with van der Waals surface area (Å²) in [6, 6.07) is 10.2. The molecule has 0 bridgehead atoms. The molecule has 0 saturated carbocycles. The standard InChI is InChI=1S/C16H12BrCl2NO3/c1-21-16(22-2)14-12(17)3-4-13(19)15(14)23-11-6-9(8-20)5-10(18)7-11/h3-7,16H,1-2H3.